The lowest BCUT2D eigenvalue weighted by atomic mass is 10.1. The molecule has 19 heavy (non-hydrogen) atoms. The maximum Gasteiger partial charge on any atom is 0.214 e. The zero-order chi connectivity index (χ0) is 13.2. The van der Waals surface area contributed by atoms with Crippen molar-refractivity contribution in [1.29, 1.82) is 0 Å². The van der Waals surface area contributed by atoms with Gasteiger partial charge in [-0.1, -0.05) is 28.7 Å². The summed E-state index contributed by atoms with van der Waals surface area (Å²) < 4.78 is 5.84. The number of hydrogen-bond donors (Lipinski definition) is 0. The van der Waals surface area contributed by atoms with E-state index < -0.39 is 0 Å². The number of methoxy groups -OCH3 is 1. The van der Waals surface area contributed by atoms with Crippen LogP contribution in [0.3, 0.4) is 0 Å². The molecule has 0 saturated carbocycles. The molecule has 3 heterocycles. The third-order valence-corrected chi connectivity index (χ3v) is 5.31. The summed E-state index contributed by atoms with van der Waals surface area (Å²) in [7, 11) is 1.68. The molecule has 3 unspecified atom stereocenters. The Balaban J connectivity index is 1.89. The Labute approximate surface area is 128 Å². The number of hydrogen-bond acceptors (Lipinski definition) is 4. The monoisotopic (exact) mass is 373 g/mol. The summed E-state index contributed by atoms with van der Waals surface area (Å²) in [5, 5.41) is 0. The maximum absolute atomic E-state index is 5.26. The highest BCUT2D eigenvalue weighted by atomic mass is 127. The van der Waals surface area contributed by atoms with Gasteiger partial charge in [0.1, 0.15) is 5.82 Å². The van der Waals surface area contributed by atoms with Crippen LogP contribution >= 0.6 is 22.6 Å². The van der Waals surface area contributed by atoms with Crippen molar-refractivity contribution >= 4 is 28.4 Å². The van der Waals surface area contributed by atoms with Crippen LogP contribution in [0, 0.1) is 0 Å². The van der Waals surface area contributed by atoms with Crippen molar-refractivity contribution in [2.75, 3.05) is 31.6 Å². The minimum atomic E-state index is 0.580. The standard InChI is InChI=1S/C14H20IN3O/c1-19-14-6-2-5-13(16-14)18-10-12(15)17-8-3-4-11(18)7-9-17/h2,5-6,11-12H,3-4,7-10H2,1H3. The number of aromatic nitrogens is 1. The van der Waals surface area contributed by atoms with Crippen molar-refractivity contribution in [1.82, 2.24) is 9.88 Å². The van der Waals surface area contributed by atoms with Crippen molar-refractivity contribution in [3.05, 3.63) is 18.2 Å². The molecule has 3 rings (SSSR count). The summed E-state index contributed by atoms with van der Waals surface area (Å²) in [6, 6.07) is 6.69. The first-order valence-electron chi connectivity index (χ1n) is 6.94. The zero-order valence-electron chi connectivity index (χ0n) is 11.3. The van der Waals surface area contributed by atoms with E-state index in [1.807, 2.05) is 12.1 Å². The average molecular weight is 373 g/mol. The number of rotatable bonds is 2. The molecule has 0 amide bonds. The topological polar surface area (TPSA) is 28.6 Å². The molecule has 104 valence electrons. The number of anilines is 1. The van der Waals surface area contributed by atoms with Gasteiger partial charge in [-0.05, 0) is 31.9 Å². The van der Waals surface area contributed by atoms with Crippen LogP contribution in [0.25, 0.3) is 0 Å². The molecule has 2 aliphatic rings. The molecular formula is C14H20IN3O. The highest BCUT2D eigenvalue weighted by Gasteiger charge is 2.32. The van der Waals surface area contributed by atoms with Crippen LogP contribution in [0.1, 0.15) is 19.3 Å². The van der Waals surface area contributed by atoms with Crippen molar-refractivity contribution in [3.8, 4) is 5.88 Å². The van der Waals surface area contributed by atoms with Gasteiger partial charge in [0.05, 0.1) is 11.2 Å². The molecule has 0 radical (unpaired) electrons. The Morgan fingerprint density at radius 1 is 1.32 bits per heavy atom. The van der Waals surface area contributed by atoms with E-state index in [-0.39, 0.29) is 0 Å². The summed E-state index contributed by atoms with van der Waals surface area (Å²) in [5.74, 6) is 1.77. The van der Waals surface area contributed by atoms with E-state index in [0.29, 0.717) is 16.0 Å². The van der Waals surface area contributed by atoms with Gasteiger partial charge in [-0.15, -0.1) is 0 Å². The summed E-state index contributed by atoms with van der Waals surface area (Å²) in [5.41, 5.74) is 0. The molecule has 0 N–H and O–H groups in total. The third-order valence-electron chi connectivity index (χ3n) is 4.13. The maximum atomic E-state index is 5.26. The first-order valence-corrected chi connectivity index (χ1v) is 8.18. The Morgan fingerprint density at radius 2 is 2.21 bits per heavy atom. The van der Waals surface area contributed by atoms with Crippen LogP contribution in [0.5, 0.6) is 5.88 Å². The van der Waals surface area contributed by atoms with Crippen LogP contribution in [0.15, 0.2) is 18.2 Å². The molecule has 2 bridgehead atoms. The van der Waals surface area contributed by atoms with E-state index in [1.165, 1.54) is 32.4 Å². The van der Waals surface area contributed by atoms with Gasteiger partial charge >= 0.3 is 0 Å². The second-order valence-corrected chi connectivity index (χ2v) is 6.68. The fraction of sp³-hybridized carbons (Fsp3) is 0.643. The highest BCUT2D eigenvalue weighted by molar-refractivity contribution is 14.1. The first-order chi connectivity index (χ1) is 9.28. The lowest BCUT2D eigenvalue weighted by molar-refractivity contribution is 0.285. The molecule has 0 aliphatic carbocycles. The van der Waals surface area contributed by atoms with Crippen LogP contribution in [-0.4, -0.2) is 46.7 Å². The minimum absolute atomic E-state index is 0.580. The fourth-order valence-corrected chi connectivity index (χ4v) is 4.06. The Morgan fingerprint density at radius 3 is 3.05 bits per heavy atom. The number of halogens is 1. The molecule has 0 spiro atoms. The highest BCUT2D eigenvalue weighted by Crippen LogP contribution is 2.30. The summed E-state index contributed by atoms with van der Waals surface area (Å²) in [6.45, 7) is 3.54. The quantitative estimate of drug-likeness (QED) is 0.453. The Kier molecular flexibility index (Phi) is 4.12. The van der Waals surface area contributed by atoms with E-state index >= 15 is 0 Å². The molecule has 5 heteroatoms. The van der Waals surface area contributed by atoms with Crippen LogP contribution < -0.4 is 9.64 Å². The van der Waals surface area contributed by atoms with Crippen LogP contribution in [0.2, 0.25) is 0 Å². The van der Waals surface area contributed by atoms with Gasteiger partial charge in [-0.25, -0.2) is 0 Å². The molecule has 4 nitrogen and oxygen atoms in total. The number of fused-ring (bicyclic) bond motifs is 3. The van der Waals surface area contributed by atoms with E-state index in [2.05, 4.69) is 43.4 Å². The van der Waals surface area contributed by atoms with E-state index in [4.69, 9.17) is 4.74 Å². The van der Waals surface area contributed by atoms with Crippen molar-refractivity contribution in [2.45, 2.75) is 29.4 Å². The fourth-order valence-electron chi connectivity index (χ4n) is 3.08. The molecule has 0 aromatic carbocycles. The van der Waals surface area contributed by atoms with Crippen molar-refractivity contribution in [2.24, 2.45) is 0 Å². The average Bonchev–Trinajstić information content (AvgIpc) is 2.76. The first kappa shape index (κ1) is 13.4. The molecule has 2 fully saturated rings. The van der Waals surface area contributed by atoms with Crippen molar-refractivity contribution < 1.29 is 4.74 Å². The Hall–Kier alpha value is -0.560. The molecular weight excluding hydrogens is 353 g/mol. The summed E-state index contributed by atoms with van der Waals surface area (Å²) in [6.07, 6.45) is 3.82. The minimum Gasteiger partial charge on any atom is -0.481 e. The van der Waals surface area contributed by atoms with E-state index in [9.17, 15) is 0 Å². The zero-order valence-corrected chi connectivity index (χ0v) is 13.4. The van der Waals surface area contributed by atoms with Crippen LogP contribution in [-0.2, 0) is 0 Å². The summed E-state index contributed by atoms with van der Waals surface area (Å²) >= 11 is 2.57. The number of alkyl halides is 1. The van der Waals surface area contributed by atoms with Gasteiger partial charge < -0.3 is 9.64 Å². The molecule has 1 aromatic rings. The number of ether oxygens (including phenoxy) is 1. The van der Waals surface area contributed by atoms with Gasteiger partial charge in [0, 0.05) is 25.2 Å². The second kappa shape index (κ2) is 5.83. The predicted molar refractivity (Wildman–Crippen MR) is 85.2 cm³/mol. The van der Waals surface area contributed by atoms with E-state index in [1.54, 1.807) is 7.11 Å². The third kappa shape index (κ3) is 2.81. The number of pyridine rings is 1. The largest absolute Gasteiger partial charge is 0.481 e. The Bertz CT molecular complexity index is 442. The van der Waals surface area contributed by atoms with Gasteiger partial charge in [-0.3, -0.25) is 4.90 Å². The van der Waals surface area contributed by atoms with Gasteiger partial charge in [0.15, 0.2) is 0 Å². The molecule has 3 atom stereocenters. The summed E-state index contributed by atoms with van der Waals surface area (Å²) in [4.78, 5) is 9.72. The van der Waals surface area contributed by atoms with Gasteiger partial charge in [0.25, 0.3) is 0 Å². The van der Waals surface area contributed by atoms with Crippen LogP contribution in [0.4, 0.5) is 5.82 Å². The van der Waals surface area contributed by atoms with Gasteiger partial charge in [0.2, 0.25) is 5.88 Å². The molecule has 2 saturated heterocycles. The molecule has 1 aromatic heterocycles. The predicted octanol–water partition coefficient (Wildman–Crippen LogP) is 2.53. The van der Waals surface area contributed by atoms with E-state index in [0.717, 1.165) is 12.4 Å². The smallest absolute Gasteiger partial charge is 0.214 e. The second-order valence-electron chi connectivity index (χ2n) is 5.25. The molecule has 2 aliphatic heterocycles. The van der Waals surface area contributed by atoms with Crippen molar-refractivity contribution in [3.63, 3.8) is 0 Å². The lowest BCUT2D eigenvalue weighted by Gasteiger charge is -2.34. The van der Waals surface area contributed by atoms with Gasteiger partial charge in [-0.2, -0.15) is 4.98 Å². The normalized spacial score (nSPS) is 30.8. The lowest BCUT2D eigenvalue weighted by Crippen LogP contribution is -2.43. The number of nitrogens with zero attached hydrogens (tertiary/aromatic N) is 3. The SMILES string of the molecule is COc1cccc(N2CC(I)N3CCCC2CC3)n1.